The lowest BCUT2D eigenvalue weighted by molar-refractivity contribution is -0.386. The number of rotatable bonds is 14. The molecule has 3 aliphatic carbocycles. The summed E-state index contributed by atoms with van der Waals surface area (Å²) in [5.74, 6) is 1.56. The number of nitro benzene ring substituents is 1. The first kappa shape index (κ1) is 42.6. The number of benzene rings is 2. The first-order valence-corrected chi connectivity index (χ1v) is 23.6. The number of piperazine rings is 1. The number of alkyl halides is 1. The fourth-order valence-electron chi connectivity index (χ4n) is 9.85. The highest BCUT2D eigenvalue weighted by Gasteiger charge is 2.55. The summed E-state index contributed by atoms with van der Waals surface area (Å²) in [5, 5.41) is 13.2. The van der Waals surface area contributed by atoms with Gasteiger partial charge in [0.2, 0.25) is 0 Å². The molecule has 4 atom stereocenters. The SMILES string of the molecule is CC1(C)CCC(CN2CCN(c3ccc(C(=O)NS(=O)(=O)c4ccc(OCCN5CCOCC5)c([N+](=O)[O-])c4)c(Oc4cnc5[nH]ccc5c4)c3)CC2)=C([C@H]2C[C@@H](Cl)C3CC32)C1. The van der Waals surface area contributed by atoms with Gasteiger partial charge in [-0.15, -0.1) is 11.6 Å². The highest BCUT2D eigenvalue weighted by atomic mass is 35.5. The van der Waals surface area contributed by atoms with E-state index < -0.39 is 31.4 Å². The Hall–Kier alpha value is -4.74. The number of carbonyl (C=O) groups is 1. The maximum Gasteiger partial charge on any atom is 0.312 e. The van der Waals surface area contributed by atoms with Crippen LogP contribution in [0.5, 0.6) is 17.2 Å². The molecule has 9 rings (SSSR count). The van der Waals surface area contributed by atoms with E-state index in [1.807, 2.05) is 6.07 Å². The third kappa shape index (κ3) is 9.30. The van der Waals surface area contributed by atoms with E-state index in [9.17, 15) is 23.3 Å². The summed E-state index contributed by atoms with van der Waals surface area (Å²) in [6, 6.07) is 12.1. The largest absolute Gasteiger partial charge is 0.485 e. The molecule has 4 aromatic rings. The van der Waals surface area contributed by atoms with Crippen molar-refractivity contribution in [3.63, 3.8) is 0 Å². The lowest BCUT2D eigenvalue weighted by Gasteiger charge is -2.40. The Kier molecular flexibility index (Phi) is 12.0. The molecule has 0 bridgehead atoms. The van der Waals surface area contributed by atoms with E-state index in [1.54, 1.807) is 41.6 Å². The predicted octanol–water partition coefficient (Wildman–Crippen LogP) is 6.99. The molecule has 17 heteroatoms. The average molecular weight is 888 g/mol. The zero-order valence-corrected chi connectivity index (χ0v) is 36.8. The fraction of sp³-hybridized carbons (Fsp3) is 0.511. The van der Waals surface area contributed by atoms with Crippen LogP contribution in [0.3, 0.4) is 0 Å². The minimum absolute atomic E-state index is 0.0358. The molecule has 4 heterocycles. The van der Waals surface area contributed by atoms with E-state index in [-0.39, 0.29) is 23.7 Å². The number of hydrogen-bond acceptors (Lipinski definition) is 12. The quantitative estimate of drug-likeness (QED) is 0.0577. The highest BCUT2D eigenvalue weighted by Crippen LogP contribution is 2.61. The van der Waals surface area contributed by atoms with Gasteiger partial charge in [0, 0.05) is 87.1 Å². The number of H-pyrrole nitrogens is 1. The number of aromatic nitrogens is 2. The molecule has 4 fully saturated rings. The van der Waals surface area contributed by atoms with Gasteiger partial charge >= 0.3 is 5.69 Å². The zero-order chi connectivity index (χ0) is 43.2. The van der Waals surface area contributed by atoms with Gasteiger partial charge in [-0.25, -0.2) is 18.1 Å². The normalized spacial score (nSPS) is 24.2. The van der Waals surface area contributed by atoms with Crippen LogP contribution in [0.25, 0.3) is 11.0 Å². The van der Waals surface area contributed by atoms with Gasteiger partial charge in [-0.2, -0.15) is 0 Å². The van der Waals surface area contributed by atoms with Crippen molar-refractivity contribution in [2.75, 3.05) is 77.1 Å². The summed E-state index contributed by atoms with van der Waals surface area (Å²) in [4.78, 5) is 39.2. The van der Waals surface area contributed by atoms with Crippen LogP contribution in [0.1, 0.15) is 56.3 Å². The van der Waals surface area contributed by atoms with Gasteiger partial charge in [0.1, 0.15) is 23.8 Å². The molecule has 2 aliphatic heterocycles. The fourth-order valence-corrected chi connectivity index (χ4v) is 11.3. The van der Waals surface area contributed by atoms with Gasteiger partial charge in [0.15, 0.2) is 5.75 Å². The average Bonchev–Trinajstić information content (AvgIpc) is 3.80. The van der Waals surface area contributed by atoms with E-state index in [4.69, 9.17) is 25.8 Å². The molecule has 2 N–H and O–H groups in total. The number of nitrogens with one attached hydrogen (secondary N) is 2. The summed E-state index contributed by atoms with van der Waals surface area (Å²) in [5.41, 5.74) is 4.54. The summed E-state index contributed by atoms with van der Waals surface area (Å²) in [7, 11) is -4.58. The van der Waals surface area contributed by atoms with Gasteiger partial charge in [-0.3, -0.25) is 24.7 Å². The Morgan fingerprint density at radius 3 is 2.56 bits per heavy atom. The number of morpholine rings is 1. The number of nitro groups is 1. The third-order valence-electron chi connectivity index (χ3n) is 13.4. The van der Waals surface area contributed by atoms with Crippen molar-refractivity contribution in [2.24, 2.45) is 23.2 Å². The number of aromatic amines is 1. The molecule has 62 heavy (non-hydrogen) atoms. The summed E-state index contributed by atoms with van der Waals surface area (Å²) in [6.45, 7) is 12.4. The number of ether oxygens (including phenoxy) is 3. The summed E-state index contributed by atoms with van der Waals surface area (Å²) >= 11 is 6.78. The van der Waals surface area contributed by atoms with E-state index in [1.165, 1.54) is 31.2 Å². The number of hydrogen-bond donors (Lipinski definition) is 2. The smallest absolute Gasteiger partial charge is 0.312 e. The molecule has 2 saturated carbocycles. The van der Waals surface area contributed by atoms with Gasteiger partial charge < -0.3 is 24.1 Å². The molecule has 330 valence electrons. The van der Waals surface area contributed by atoms with E-state index in [0.29, 0.717) is 53.8 Å². The van der Waals surface area contributed by atoms with Gasteiger partial charge in [0.25, 0.3) is 15.9 Å². The molecule has 1 amide bonds. The minimum atomic E-state index is -4.58. The van der Waals surface area contributed by atoms with Crippen molar-refractivity contribution >= 4 is 49.9 Å². The topological polar surface area (TPSA) is 172 Å². The molecule has 2 aromatic heterocycles. The van der Waals surface area contributed by atoms with Gasteiger partial charge in [0.05, 0.1) is 34.8 Å². The maximum absolute atomic E-state index is 13.9. The summed E-state index contributed by atoms with van der Waals surface area (Å²) < 4.78 is 46.8. The maximum atomic E-state index is 13.9. The molecule has 5 aliphatic rings. The van der Waals surface area contributed by atoms with Crippen LogP contribution in [-0.4, -0.2) is 117 Å². The van der Waals surface area contributed by atoms with Crippen LogP contribution in [0.2, 0.25) is 0 Å². The van der Waals surface area contributed by atoms with Crippen molar-refractivity contribution in [3.8, 4) is 17.2 Å². The second kappa shape index (κ2) is 17.4. The number of carbonyl (C=O) groups excluding carboxylic acids is 1. The van der Waals surface area contributed by atoms with Crippen LogP contribution in [0, 0.1) is 33.3 Å². The first-order valence-electron chi connectivity index (χ1n) is 21.7. The highest BCUT2D eigenvalue weighted by molar-refractivity contribution is 7.90. The molecular formula is C45H54ClN7O8S. The molecule has 2 aromatic carbocycles. The van der Waals surface area contributed by atoms with Crippen LogP contribution in [0.15, 0.2) is 77.0 Å². The number of pyridine rings is 1. The van der Waals surface area contributed by atoms with Crippen LogP contribution >= 0.6 is 11.6 Å². The first-order chi connectivity index (χ1) is 29.8. The van der Waals surface area contributed by atoms with Crippen LogP contribution in [-0.2, 0) is 14.8 Å². The monoisotopic (exact) mass is 887 g/mol. The van der Waals surface area contributed by atoms with Gasteiger partial charge in [-0.1, -0.05) is 25.0 Å². The zero-order valence-electron chi connectivity index (χ0n) is 35.2. The van der Waals surface area contributed by atoms with Crippen LogP contribution < -0.4 is 19.1 Å². The number of sulfonamides is 1. The van der Waals surface area contributed by atoms with Crippen molar-refractivity contribution in [1.82, 2.24) is 24.5 Å². The van der Waals surface area contributed by atoms with Crippen molar-refractivity contribution in [1.29, 1.82) is 0 Å². The van der Waals surface area contributed by atoms with E-state index >= 15 is 0 Å². The Bertz CT molecular complexity index is 2480. The minimum Gasteiger partial charge on any atom is -0.485 e. The molecule has 0 radical (unpaired) electrons. The number of fused-ring (bicyclic) bond motifs is 2. The lowest BCUT2D eigenvalue weighted by Crippen LogP contribution is -2.47. The van der Waals surface area contributed by atoms with E-state index in [0.717, 1.165) is 88.1 Å². The lowest BCUT2D eigenvalue weighted by atomic mass is 9.70. The Balaban J connectivity index is 0.910. The predicted molar refractivity (Wildman–Crippen MR) is 236 cm³/mol. The van der Waals surface area contributed by atoms with Crippen LogP contribution in [0.4, 0.5) is 11.4 Å². The Labute approximate surface area is 366 Å². The molecule has 2 saturated heterocycles. The third-order valence-corrected chi connectivity index (χ3v) is 15.3. The van der Waals surface area contributed by atoms with Crippen molar-refractivity contribution < 1.29 is 32.3 Å². The standard InChI is InChI=1S/C45H54ClN7O8S/c1-45(2)9-7-30(38(26-45)36-25-39(46)37-24-35(36)37)28-51-11-13-52(14-12-51)31-3-5-34(42(22-31)61-32-21-29-8-10-47-43(29)48-27-32)44(54)49-62(57,58)33-4-6-41(40(23-33)53(55)56)60-20-17-50-15-18-59-19-16-50/h3-6,8,10,21-23,27,35-37,39H,7,9,11-20,24-26,28H2,1-2H3,(H,47,48)(H,49,54)/t35?,36-,37?,39+/m0/s1. The number of amides is 1. The Morgan fingerprint density at radius 1 is 1.02 bits per heavy atom. The second-order valence-corrected chi connectivity index (χ2v) is 20.4. The van der Waals surface area contributed by atoms with Crippen molar-refractivity contribution in [2.45, 2.75) is 56.2 Å². The molecular weight excluding hydrogens is 834 g/mol. The molecule has 2 unspecified atom stereocenters. The number of halogens is 1. The van der Waals surface area contributed by atoms with Crippen molar-refractivity contribution in [3.05, 3.63) is 87.7 Å². The number of allylic oxidation sites excluding steroid dienone is 1. The number of anilines is 1. The Morgan fingerprint density at radius 2 is 1.82 bits per heavy atom. The number of nitrogens with zero attached hydrogens (tertiary/aromatic N) is 5. The van der Waals surface area contributed by atoms with Gasteiger partial charge in [-0.05, 0) is 91.7 Å². The second-order valence-electron chi connectivity index (χ2n) is 18.1. The van der Waals surface area contributed by atoms with E-state index in [2.05, 4.69) is 43.2 Å². The molecule has 0 spiro atoms. The summed E-state index contributed by atoms with van der Waals surface area (Å²) in [6.07, 6.45) is 9.18. The molecule has 15 nitrogen and oxygen atoms in total.